The number of nitrogens with zero attached hydrogens (tertiary/aromatic N) is 1. The average molecular weight is 316 g/mol. The lowest BCUT2D eigenvalue weighted by Crippen LogP contribution is -3.15. The zero-order valence-electron chi connectivity index (χ0n) is 13.8. The molecule has 2 rings (SSSR count). The predicted molar refractivity (Wildman–Crippen MR) is 88.9 cm³/mol. The molecule has 2 aromatic rings. The number of nitrogens with one attached hydrogen (secondary N) is 1. The summed E-state index contributed by atoms with van der Waals surface area (Å²) in [6.45, 7) is 6.07. The van der Waals surface area contributed by atoms with E-state index >= 15 is 0 Å². The van der Waals surface area contributed by atoms with Gasteiger partial charge in [-0.25, -0.2) is 0 Å². The summed E-state index contributed by atoms with van der Waals surface area (Å²) in [7, 11) is 0. The van der Waals surface area contributed by atoms with Gasteiger partial charge in [0.1, 0.15) is 25.0 Å². The summed E-state index contributed by atoms with van der Waals surface area (Å²) in [6.07, 6.45) is 0.688. The lowest BCUT2D eigenvalue weighted by molar-refractivity contribution is -0.902. The number of hydrogen-bond acceptors (Lipinski definition) is 4. The molecule has 0 aliphatic rings. The molecule has 1 aromatic carbocycles. The standard InChI is InChI=1S/C18H24N2O3/c1-18(2,3)20(22)12-17(21)16-10-9-15(11-19-16)23-13-14-7-5-4-6-8-14/h4-11,17,20-21H,12-13H2,1-3H3. The second kappa shape index (κ2) is 7.55. The molecule has 5 nitrogen and oxygen atoms in total. The molecule has 0 saturated carbocycles. The molecule has 1 heterocycles. The highest BCUT2D eigenvalue weighted by Gasteiger charge is 2.22. The van der Waals surface area contributed by atoms with Gasteiger partial charge < -0.3 is 20.1 Å². The van der Waals surface area contributed by atoms with Crippen LogP contribution in [-0.4, -0.2) is 22.2 Å². The smallest absolute Gasteiger partial charge is 0.145 e. The molecule has 0 radical (unpaired) electrons. The van der Waals surface area contributed by atoms with Gasteiger partial charge in [-0.05, 0) is 38.5 Å². The molecule has 0 aliphatic carbocycles. The van der Waals surface area contributed by atoms with E-state index < -0.39 is 11.6 Å². The maximum atomic E-state index is 12.0. The van der Waals surface area contributed by atoms with Gasteiger partial charge in [0.15, 0.2) is 0 Å². The minimum absolute atomic E-state index is 0.0104. The third-order valence-corrected chi connectivity index (χ3v) is 3.56. The number of hydrogen-bond donors (Lipinski definition) is 2. The van der Waals surface area contributed by atoms with Gasteiger partial charge in [-0.3, -0.25) is 4.98 Å². The number of hydroxylamine groups is 2. The van der Waals surface area contributed by atoms with E-state index in [4.69, 9.17) is 4.74 Å². The first-order chi connectivity index (χ1) is 10.9. The number of benzene rings is 1. The Labute approximate surface area is 137 Å². The fraction of sp³-hybridized carbons (Fsp3) is 0.389. The zero-order valence-corrected chi connectivity index (χ0v) is 13.8. The summed E-state index contributed by atoms with van der Waals surface area (Å²) in [5, 5.41) is 22.1. The van der Waals surface area contributed by atoms with Crippen LogP contribution in [0.1, 0.15) is 38.1 Å². The molecule has 124 valence electrons. The Morgan fingerprint density at radius 2 is 1.87 bits per heavy atom. The Morgan fingerprint density at radius 3 is 2.43 bits per heavy atom. The van der Waals surface area contributed by atoms with Crippen molar-refractivity contribution in [3.63, 3.8) is 0 Å². The van der Waals surface area contributed by atoms with Crippen molar-refractivity contribution in [3.05, 3.63) is 65.1 Å². The van der Waals surface area contributed by atoms with E-state index in [0.29, 0.717) is 18.1 Å². The summed E-state index contributed by atoms with van der Waals surface area (Å²) >= 11 is 0. The predicted octanol–water partition coefficient (Wildman–Crippen LogP) is 1.88. The molecule has 1 aromatic heterocycles. The first-order valence-electron chi connectivity index (χ1n) is 7.70. The van der Waals surface area contributed by atoms with E-state index in [2.05, 4.69) is 4.98 Å². The Morgan fingerprint density at radius 1 is 1.17 bits per heavy atom. The highest BCUT2D eigenvalue weighted by atomic mass is 16.5. The Balaban J connectivity index is 1.91. The SMILES string of the molecule is CC(C)(C)[NH+]([O-])CC(O)c1ccc(OCc2ccccc2)cn1. The van der Waals surface area contributed by atoms with Crippen LogP contribution in [0, 0.1) is 5.21 Å². The van der Waals surface area contributed by atoms with Crippen LogP contribution in [-0.2, 0) is 6.61 Å². The van der Waals surface area contributed by atoms with Crippen LogP contribution in [0.25, 0.3) is 0 Å². The molecule has 0 fully saturated rings. The highest BCUT2D eigenvalue weighted by Crippen LogP contribution is 2.15. The quantitative estimate of drug-likeness (QED) is 0.798. The fourth-order valence-corrected chi connectivity index (χ4v) is 2.00. The number of ether oxygens (including phenoxy) is 1. The van der Waals surface area contributed by atoms with Crippen molar-refractivity contribution in [2.75, 3.05) is 6.54 Å². The zero-order chi connectivity index (χ0) is 16.9. The van der Waals surface area contributed by atoms with Crippen LogP contribution >= 0.6 is 0 Å². The van der Waals surface area contributed by atoms with E-state index in [1.165, 1.54) is 0 Å². The minimum Gasteiger partial charge on any atom is -0.634 e. The van der Waals surface area contributed by atoms with Crippen LogP contribution < -0.4 is 9.80 Å². The summed E-state index contributed by atoms with van der Waals surface area (Å²) in [5.41, 5.74) is 1.10. The summed E-state index contributed by atoms with van der Waals surface area (Å²) < 4.78 is 5.65. The lowest BCUT2D eigenvalue weighted by Gasteiger charge is -2.36. The van der Waals surface area contributed by atoms with Crippen molar-refractivity contribution in [2.24, 2.45) is 0 Å². The van der Waals surface area contributed by atoms with Gasteiger partial charge in [-0.15, -0.1) is 0 Å². The third-order valence-electron chi connectivity index (χ3n) is 3.56. The Bertz CT molecular complexity index is 594. The van der Waals surface area contributed by atoms with Gasteiger partial charge in [-0.2, -0.15) is 0 Å². The molecule has 0 aliphatic heterocycles. The average Bonchev–Trinajstić information content (AvgIpc) is 2.53. The number of quaternary nitrogens is 1. The highest BCUT2D eigenvalue weighted by molar-refractivity contribution is 5.22. The monoisotopic (exact) mass is 316 g/mol. The van der Waals surface area contributed by atoms with Gasteiger partial charge in [-0.1, -0.05) is 30.3 Å². The van der Waals surface area contributed by atoms with Crippen molar-refractivity contribution in [1.82, 2.24) is 4.98 Å². The van der Waals surface area contributed by atoms with Gasteiger partial charge in [0.2, 0.25) is 0 Å². The number of rotatable bonds is 6. The van der Waals surface area contributed by atoms with E-state index in [1.807, 2.05) is 51.1 Å². The van der Waals surface area contributed by atoms with Gasteiger partial charge in [0.05, 0.1) is 17.4 Å². The molecule has 5 heteroatoms. The lowest BCUT2D eigenvalue weighted by atomic mass is 10.1. The maximum Gasteiger partial charge on any atom is 0.145 e. The molecule has 0 amide bonds. The molecule has 2 N–H and O–H groups in total. The van der Waals surface area contributed by atoms with Gasteiger partial charge in [0, 0.05) is 0 Å². The van der Waals surface area contributed by atoms with Crippen LogP contribution in [0.4, 0.5) is 0 Å². The number of aliphatic hydroxyl groups is 1. The van der Waals surface area contributed by atoms with Crippen molar-refractivity contribution in [1.29, 1.82) is 0 Å². The van der Waals surface area contributed by atoms with Crippen molar-refractivity contribution >= 4 is 0 Å². The van der Waals surface area contributed by atoms with E-state index in [0.717, 1.165) is 5.56 Å². The molecule has 23 heavy (non-hydrogen) atoms. The molecule has 0 spiro atoms. The minimum atomic E-state index is -0.884. The first kappa shape index (κ1) is 17.4. The fourth-order valence-electron chi connectivity index (χ4n) is 2.00. The van der Waals surface area contributed by atoms with E-state index in [1.54, 1.807) is 18.3 Å². The Hall–Kier alpha value is -1.95. The van der Waals surface area contributed by atoms with Gasteiger partial charge in [0.25, 0.3) is 0 Å². The number of aromatic nitrogens is 1. The Kier molecular flexibility index (Phi) is 5.71. The molecule has 0 saturated heterocycles. The first-order valence-corrected chi connectivity index (χ1v) is 7.70. The molecule has 0 bridgehead atoms. The van der Waals surface area contributed by atoms with E-state index in [-0.39, 0.29) is 11.6 Å². The molecular formula is C18H24N2O3. The van der Waals surface area contributed by atoms with Crippen LogP contribution in [0.15, 0.2) is 48.7 Å². The third kappa shape index (κ3) is 5.32. The number of pyridine rings is 1. The molecule has 2 unspecified atom stereocenters. The second-order valence-electron chi connectivity index (χ2n) is 6.59. The topological polar surface area (TPSA) is 69.9 Å². The second-order valence-corrected chi connectivity index (χ2v) is 6.59. The van der Waals surface area contributed by atoms with Crippen LogP contribution in [0.3, 0.4) is 0 Å². The molecular weight excluding hydrogens is 292 g/mol. The van der Waals surface area contributed by atoms with Crippen molar-refractivity contribution in [2.45, 2.75) is 39.0 Å². The largest absolute Gasteiger partial charge is 0.634 e. The summed E-state index contributed by atoms with van der Waals surface area (Å²) in [6, 6.07) is 13.3. The van der Waals surface area contributed by atoms with Crippen molar-refractivity contribution in [3.8, 4) is 5.75 Å². The van der Waals surface area contributed by atoms with Crippen LogP contribution in [0.5, 0.6) is 5.75 Å². The van der Waals surface area contributed by atoms with E-state index in [9.17, 15) is 10.3 Å². The van der Waals surface area contributed by atoms with Gasteiger partial charge >= 0.3 is 0 Å². The normalized spacial score (nSPS) is 14.3. The molecule has 2 atom stereocenters. The van der Waals surface area contributed by atoms with Crippen LogP contribution in [0.2, 0.25) is 0 Å². The summed E-state index contributed by atoms with van der Waals surface area (Å²) in [4.78, 5) is 4.20. The number of aliphatic hydroxyl groups excluding tert-OH is 1. The van der Waals surface area contributed by atoms with Crippen molar-refractivity contribution < 1.29 is 14.9 Å². The maximum absolute atomic E-state index is 12.0. The summed E-state index contributed by atoms with van der Waals surface area (Å²) in [5.74, 6) is 0.631.